The van der Waals surface area contributed by atoms with Gasteiger partial charge in [0.25, 0.3) is 0 Å². The van der Waals surface area contributed by atoms with Crippen LogP contribution in [0.15, 0.2) is 109 Å². The Morgan fingerprint density at radius 3 is 1.38 bits per heavy atom. The van der Waals surface area contributed by atoms with Crippen LogP contribution in [0.25, 0.3) is 44.8 Å². The van der Waals surface area contributed by atoms with Crippen LogP contribution in [0.3, 0.4) is 0 Å². The predicted molar refractivity (Wildman–Crippen MR) is 215 cm³/mol. The second-order valence-corrected chi connectivity index (χ2v) is 13.1. The first kappa shape index (κ1) is 36.9. The summed E-state index contributed by atoms with van der Waals surface area (Å²) in [7, 11) is 0. The summed E-state index contributed by atoms with van der Waals surface area (Å²) in [6, 6.07) is 33.4. The van der Waals surface area contributed by atoms with Crippen molar-refractivity contribution in [3.63, 3.8) is 0 Å². The number of allylic oxidation sites excluding steroid dienone is 2. The number of aromatic nitrogens is 4. The molecule has 52 heavy (non-hydrogen) atoms. The van der Waals surface area contributed by atoms with E-state index in [1.54, 1.807) is 0 Å². The smallest absolute Gasteiger partial charge is 0.141 e. The number of para-hydroxylation sites is 4. The number of imidazole rings is 2. The molecule has 4 aromatic carbocycles. The van der Waals surface area contributed by atoms with Crippen LogP contribution in [-0.4, -0.2) is 81.4 Å². The maximum absolute atomic E-state index is 6.20. The Labute approximate surface area is 309 Å². The van der Waals surface area contributed by atoms with Crippen molar-refractivity contribution in [2.75, 3.05) is 52.5 Å². The van der Waals surface area contributed by atoms with Crippen LogP contribution in [0.1, 0.15) is 40.5 Å². The highest BCUT2D eigenvalue weighted by molar-refractivity contribution is 5.82. The zero-order valence-electron chi connectivity index (χ0n) is 31.4. The van der Waals surface area contributed by atoms with Crippen molar-refractivity contribution in [3.8, 4) is 34.3 Å². The Bertz CT molecular complexity index is 1890. The van der Waals surface area contributed by atoms with Gasteiger partial charge < -0.3 is 28.4 Å². The monoisotopic (exact) mass is 698 g/mol. The first-order chi connectivity index (χ1) is 25.6. The zero-order valence-corrected chi connectivity index (χ0v) is 31.4. The van der Waals surface area contributed by atoms with Crippen molar-refractivity contribution in [2.24, 2.45) is 0 Å². The largest absolute Gasteiger partial charge is 0.494 e. The minimum Gasteiger partial charge on any atom is -0.494 e. The van der Waals surface area contributed by atoms with Gasteiger partial charge in [0.15, 0.2) is 0 Å². The third-order valence-electron chi connectivity index (χ3n) is 9.80. The highest BCUT2D eigenvalue weighted by atomic mass is 16.5. The number of nitrogens with zero attached hydrogens (tertiary/aromatic N) is 6. The molecule has 0 spiro atoms. The molecule has 0 unspecified atom stereocenters. The summed E-state index contributed by atoms with van der Waals surface area (Å²) in [5.41, 5.74) is 6.27. The van der Waals surface area contributed by atoms with Crippen molar-refractivity contribution in [1.82, 2.24) is 28.9 Å². The van der Waals surface area contributed by atoms with E-state index in [0.717, 1.165) is 108 Å². The zero-order chi connectivity index (χ0) is 36.1. The van der Waals surface area contributed by atoms with Gasteiger partial charge in [-0.25, -0.2) is 9.97 Å². The van der Waals surface area contributed by atoms with E-state index in [9.17, 15) is 0 Å². The highest BCUT2D eigenvalue weighted by Gasteiger charge is 2.15. The van der Waals surface area contributed by atoms with E-state index in [0.29, 0.717) is 26.3 Å². The number of ether oxygens (including phenoxy) is 2. The molecule has 2 heterocycles. The highest BCUT2D eigenvalue weighted by Crippen LogP contribution is 2.29. The fourth-order valence-corrected chi connectivity index (χ4v) is 6.81. The fraction of sp³-hybridized carbons (Fsp3) is 0.364. The molecule has 272 valence electrons. The van der Waals surface area contributed by atoms with Gasteiger partial charge >= 0.3 is 0 Å². The van der Waals surface area contributed by atoms with Crippen molar-refractivity contribution in [2.45, 2.75) is 53.6 Å². The van der Waals surface area contributed by atoms with E-state index < -0.39 is 0 Å². The summed E-state index contributed by atoms with van der Waals surface area (Å²) in [6.07, 6.45) is 6.47. The normalized spacial score (nSPS) is 11.9. The Kier molecular flexibility index (Phi) is 13.1. The van der Waals surface area contributed by atoms with Gasteiger partial charge in [-0.2, -0.15) is 0 Å². The van der Waals surface area contributed by atoms with Gasteiger partial charge in [0.2, 0.25) is 0 Å². The summed E-state index contributed by atoms with van der Waals surface area (Å²) < 4.78 is 17.0. The molecule has 6 aromatic rings. The van der Waals surface area contributed by atoms with Gasteiger partial charge in [-0.15, -0.1) is 0 Å². The van der Waals surface area contributed by atoms with E-state index in [2.05, 4.69) is 132 Å². The molecule has 0 aliphatic carbocycles. The molecule has 0 N–H and O–H groups in total. The summed E-state index contributed by atoms with van der Waals surface area (Å²) in [6.45, 7) is 17.9. The molecule has 6 rings (SSSR count). The minimum atomic E-state index is 0.684. The van der Waals surface area contributed by atoms with Crippen LogP contribution in [0.2, 0.25) is 0 Å². The average molecular weight is 699 g/mol. The SMILES string of the molecule is CCN(CC)CCCOc1cccc(-c2nc3ccccc3n2C/C=C/Cn2c(-c3cccc(OCCCN(CC)CC)c3)nc3ccccc32)c1. The molecule has 8 nitrogen and oxygen atoms in total. The second-order valence-electron chi connectivity index (χ2n) is 13.1. The van der Waals surface area contributed by atoms with Gasteiger partial charge in [-0.3, -0.25) is 0 Å². The molecular formula is C44H54N6O2. The fourth-order valence-electron chi connectivity index (χ4n) is 6.81. The summed E-state index contributed by atoms with van der Waals surface area (Å²) in [4.78, 5) is 15.0. The van der Waals surface area contributed by atoms with E-state index in [4.69, 9.17) is 19.4 Å². The Hall–Kier alpha value is -4.92. The molecule has 0 radical (unpaired) electrons. The standard InChI is InChI=1S/C44H54N6O2/c1-5-47(6-2)27-17-31-51-37-21-15-19-35(33-37)43-45-39-23-9-11-25-41(39)49(43)29-13-14-30-50-42-26-12-10-24-40(42)46-44(50)36-20-16-22-38(34-36)52-32-18-28-48(7-3)8-4/h9-16,19-26,33-34H,5-8,17-18,27-32H2,1-4H3/b14-13+. The number of hydrogen-bond acceptors (Lipinski definition) is 6. The van der Waals surface area contributed by atoms with Crippen molar-refractivity contribution >= 4 is 22.1 Å². The Morgan fingerprint density at radius 2 is 0.962 bits per heavy atom. The average Bonchev–Trinajstić information content (AvgIpc) is 3.75. The quantitative estimate of drug-likeness (QED) is 0.0586. The first-order valence-electron chi connectivity index (χ1n) is 19.1. The van der Waals surface area contributed by atoms with Gasteiger partial charge in [-0.1, -0.05) is 88.4 Å². The second kappa shape index (κ2) is 18.5. The molecule has 0 aliphatic rings. The molecule has 0 saturated heterocycles. The van der Waals surface area contributed by atoms with Gasteiger partial charge in [0.05, 0.1) is 35.3 Å². The molecule has 8 heteroatoms. The lowest BCUT2D eigenvalue weighted by atomic mass is 10.2. The predicted octanol–water partition coefficient (Wildman–Crippen LogP) is 9.20. The Balaban J connectivity index is 1.19. The number of rotatable bonds is 20. The lowest BCUT2D eigenvalue weighted by Crippen LogP contribution is -2.25. The third-order valence-corrected chi connectivity index (χ3v) is 9.80. The molecule has 0 atom stereocenters. The first-order valence-corrected chi connectivity index (χ1v) is 19.1. The lowest BCUT2D eigenvalue weighted by molar-refractivity contribution is 0.249. The Morgan fingerprint density at radius 1 is 0.538 bits per heavy atom. The van der Waals surface area contributed by atoms with Crippen molar-refractivity contribution < 1.29 is 9.47 Å². The van der Waals surface area contributed by atoms with Crippen LogP contribution in [-0.2, 0) is 13.1 Å². The van der Waals surface area contributed by atoms with Crippen LogP contribution >= 0.6 is 0 Å². The van der Waals surface area contributed by atoms with Gasteiger partial charge in [0, 0.05) is 37.3 Å². The summed E-state index contributed by atoms with van der Waals surface area (Å²) in [5.74, 6) is 3.61. The van der Waals surface area contributed by atoms with Crippen molar-refractivity contribution in [3.05, 3.63) is 109 Å². The lowest BCUT2D eigenvalue weighted by Gasteiger charge is -2.17. The number of hydrogen-bond donors (Lipinski definition) is 0. The maximum atomic E-state index is 6.20. The molecule has 0 aliphatic heterocycles. The van der Waals surface area contributed by atoms with Crippen molar-refractivity contribution in [1.29, 1.82) is 0 Å². The van der Waals surface area contributed by atoms with Gasteiger partial charge in [-0.05, 0) is 87.6 Å². The molecule has 0 amide bonds. The topological polar surface area (TPSA) is 60.6 Å². The molecule has 0 saturated carbocycles. The van der Waals surface area contributed by atoms with E-state index in [-0.39, 0.29) is 0 Å². The molecule has 0 fully saturated rings. The van der Waals surface area contributed by atoms with Crippen LogP contribution in [0.5, 0.6) is 11.5 Å². The van der Waals surface area contributed by atoms with Crippen LogP contribution in [0.4, 0.5) is 0 Å². The third kappa shape index (κ3) is 9.11. The van der Waals surface area contributed by atoms with Crippen LogP contribution < -0.4 is 9.47 Å². The molecule has 2 aromatic heterocycles. The van der Waals surface area contributed by atoms with E-state index in [1.807, 2.05) is 24.3 Å². The number of benzene rings is 4. The number of fused-ring (bicyclic) bond motifs is 2. The van der Waals surface area contributed by atoms with E-state index in [1.165, 1.54) is 0 Å². The maximum Gasteiger partial charge on any atom is 0.141 e. The summed E-state index contributed by atoms with van der Waals surface area (Å²) >= 11 is 0. The van der Waals surface area contributed by atoms with Crippen LogP contribution in [0, 0.1) is 0 Å². The molecular weight excluding hydrogens is 645 g/mol. The van der Waals surface area contributed by atoms with Gasteiger partial charge in [0.1, 0.15) is 23.1 Å². The molecule has 0 bridgehead atoms. The summed E-state index contributed by atoms with van der Waals surface area (Å²) in [5, 5.41) is 0. The van der Waals surface area contributed by atoms with E-state index >= 15 is 0 Å². The minimum absolute atomic E-state index is 0.684.